The molecule has 35 heavy (non-hydrogen) atoms. The molecule has 0 radical (unpaired) electrons. The first-order valence-corrected chi connectivity index (χ1v) is 12.3. The molecule has 1 atom stereocenters. The summed E-state index contributed by atoms with van der Waals surface area (Å²) in [5, 5.41) is 0. The Morgan fingerprint density at radius 3 is 2.54 bits per heavy atom. The summed E-state index contributed by atoms with van der Waals surface area (Å²) in [5.41, 5.74) is 9.54. The van der Waals surface area contributed by atoms with Gasteiger partial charge < -0.3 is 24.7 Å². The molecule has 4 rings (SSSR count). The maximum absolute atomic E-state index is 13.0. The number of methoxy groups -OCH3 is 1. The number of ether oxygens (including phenoxy) is 4. The minimum absolute atomic E-state index is 0.0557. The third-order valence-corrected chi connectivity index (χ3v) is 6.77. The fraction of sp³-hybridized carbons (Fsp3) is 0.333. The number of halogens is 1. The Kier molecular flexibility index (Phi) is 7.50. The Morgan fingerprint density at radius 1 is 1.14 bits per heavy atom. The number of hydrogen-bond donors (Lipinski definition) is 1. The molecular formula is C27H28BrNO6. The van der Waals surface area contributed by atoms with Gasteiger partial charge in [0.1, 0.15) is 17.9 Å². The van der Waals surface area contributed by atoms with E-state index in [1.807, 2.05) is 38.1 Å². The highest BCUT2D eigenvalue weighted by Crippen LogP contribution is 2.48. The van der Waals surface area contributed by atoms with Crippen LogP contribution in [-0.4, -0.2) is 25.5 Å². The Morgan fingerprint density at radius 2 is 1.86 bits per heavy atom. The molecule has 2 aromatic rings. The van der Waals surface area contributed by atoms with Crippen molar-refractivity contribution in [3.05, 3.63) is 80.3 Å². The number of rotatable bonds is 7. The largest absolute Gasteiger partial charge is 0.490 e. The summed E-state index contributed by atoms with van der Waals surface area (Å²) < 4.78 is 23.4. The van der Waals surface area contributed by atoms with E-state index in [4.69, 9.17) is 24.7 Å². The van der Waals surface area contributed by atoms with Crippen LogP contribution in [0.1, 0.15) is 48.8 Å². The highest BCUT2D eigenvalue weighted by atomic mass is 79.9. The average Bonchev–Trinajstić information content (AvgIpc) is 2.84. The zero-order chi connectivity index (χ0) is 25.1. The highest BCUT2D eigenvalue weighted by Gasteiger charge is 2.42. The van der Waals surface area contributed by atoms with Crippen molar-refractivity contribution in [3.63, 3.8) is 0 Å². The van der Waals surface area contributed by atoms with Crippen LogP contribution in [0.25, 0.3) is 0 Å². The number of hydrogen-bond acceptors (Lipinski definition) is 7. The van der Waals surface area contributed by atoms with Gasteiger partial charge in [-0.1, -0.05) is 45.8 Å². The number of carbonyl (C=O) groups excluding carboxylic acids is 2. The number of allylic oxidation sites excluding steroid dienone is 2. The Hall–Kier alpha value is -3.26. The number of benzene rings is 2. The molecule has 2 N–H and O–H groups in total. The van der Waals surface area contributed by atoms with Gasteiger partial charge in [-0.2, -0.15) is 0 Å². The van der Waals surface area contributed by atoms with E-state index in [2.05, 4.69) is 15.9 Å². The fourth-order valence-corrected chi connectivity index (χ4v) is 4.93. The van der Waals surface area contributed by atoms with Gasteiger partial charge in [-0.15, -0.1) is 0 Å². The second kappa shape index (κ2) is 10.6. The number of aryl methyl sites for hydroxylation is 1. The highest BCUT2D eigenvalue weighted by molar-refractivity contribution is 9.10. The van der Waals surface area contributed by atoms with Crippen LogP contribution in [0.3, 0.4) is 0 Å². The molecule has 1 heterocycles. The smallest absolute Gasteiger partial charge is 0.340 e. The zero-order valence-electron chi connectivity index (χ0n) is 20.0. The van der Waals surface area contributed by atoms with Crippen molar-refractivity contribution in [2.45, 2.75) is 45.6 Å². The van der Waals surface area contributed by atoms with Gasteiger partial charge in [0.15, 0.2) is 17.3 Å². The predicted molar refractivity (Wildman–Crippen MR) is 134 cm³/mol. The maximum atomic E-state index is 13.0. The molecular weight excluding hydrogens is 514 g/mol. The first-order chi connectivity index (χ1) is 16.8. The topological polar surface area (TPSA) is 97.1 Å². The summed E-state index contributed by atoms with van der Waals surface area (Å²) in [6, 6.07) is 11.7. The summed E-state index contributed by atoms with van der Waals surface area (Å²) in [4.78, 5) is 25.8. The monoisotopic (exact) mass is 541 g/mol. The average molecular weight is 542 g/mol. The quantitative estimate of drug-likeness (QED) is 0.481. The van der Waals surface area contributed by atoms with Crippen LogP contribution < -0.4 is 15.2 Å². The first kappa shape index (κ1) is 24.9. The molecule has 1 aliphatic heterocycles. The predicted octanol–water partition coefficient (Wildman–Crippen LogP) is 5.20. The third-order valence-electron chi connectivity index (χ3n) is 6.08. The minimum Gasteiger partial charge on any atom is -0.490 e. The van der Waals surface area contributed by atoms with Gasteiger partial charge in [-0.25, -0.2) is 4.79 Å². The van der Waals surface area contributed by atoms with Crippen molar-refractivity contribution in [2.75, 3.05) is 13.7 Å². The van der Waals surface area contributed by atoms with Gasteiger partial charge in [-0.3, -0.25) is 4.79 Å². The summed E-state index contributed by atoms with van der Waals surface area (Å²) >= 11 is 3.63. The second-order valence-corrected chi connectivity index (χ2v) is 9.30. The van der Waals surface area contributed by atoms with E-state index in [1.165, 1.54) is 12.7 Å². The Labute approximate surface area is 213 Å². The molecule has 2 aliphatic rings. The molecule has 0 fully saturated rings. The maximum Gasteiger partial charge on any atom is 0.340 e. The molecule has 0 spiro atoms. The lowest BCUT2D eigenvalue weighted by Crippen LogP contribution is -2.31. The van der Waals surface area contributed by atoms with Gasteiger partial charge in [0.05, 0.1) is 19.6 Å². The molecule has 1 aliphatic carbocycles. The lowest BCUT2D eigenvalue weighted by atomic mass is 9.77. The van der Waals surface area contributed by atoms with Crippen LogP contribution in [-0.2, 0) is 25.7 Å². The summed E-state index contributed by atoms with van der Waals surface area (Å²) in [5.74, 6) is 0.00425. The van der Waals surface area contributed by atoms with Crippen molar-refractivity contribution < 1.29 is 28.5 Å². The van der Waals surface area contributed by atoms with Crippen molar-refractivity contribution in [3.8, 4) is 11.5 Å². The molecule has 0 unspecified atom stereocenters. The van der Waals surface area contributed by atoms with Crippen molar-refractivity contribution in [2.24, 2.45) is 5.73 Å². The van der Waals surface area contributed by atoms with E-state index < -0.39 is 11.9 Å². The normalized spacial score (nSPS) is 17.6. The summed E-state index contributed by atoms with van der Waals surface area (Å²) in [6.07, 6.45) is 1.61. The summed E-state index contributed by atoms with van der Waals surface area (Å²) in [7, 11) is 1.27. The molecule has 0 amide bonds. The molecule has 0 saturated carbocycles. The van der Waals surface area contributed by atoms with Crippen LogP contribution in [0.15, 0.2) is 63.7 Å². The van der Waals surface area contributed by atoms with Gasteiger partial charge in [0.2, 0.25) is 5.88 Å². The SMILES string of the molecule is CCOc1cc([C@@H]2C(C(=O)OC)=C(N)OC3=C2C(=O)CCC3)c(Br)cc1OCc1ccc(C)cc1. The number of ketones is 1. The van der Waals surface area contributed by atoms with Crippen molar-refractivity contribution >= 4 is 27.7 Å². The van der Waals surface area contributed by atoms with Crippen LogP contribution >= 0.6 is 15.9 Å². The van der Waals surface area contributed by atoms with Crippen LogP contribution in [0, 0.1) is 6.92 Å². The van der Waals surface area contributed by atoms with E-state index in [0.29, 0.717) is 65.3 Å². The van der Waals surface area contributed by atoms with E-state index in [9.17, 15) is 9.59 Å². The minimum atomic E-state index is -0.751. The van der Waals surface area contributed by atoms with Gasteiger partial charge >= 0.3 is 5.97 Å². The summed E-state index contributed by atoms with van der Waals surface area (Å²) in [6.45, 7) is 4.68. The molecule has 7 nitrogen and oxygen atoms in total. The van der Waals surface area contributed by atoms with Crippen molar-refractivity contribution in [1.29, 1.82) is 0 Å². The number of Topliss-reactive ketones (excluding diaryl/α,β-unsaturated/α-hetero) is 1. The van der Waals surface area contributed by atoms with E-state index in [1.54, 1.807) is 12.1 Å². The van der Waals surface area contributed by atoms with E-state index in [0.717, 1.165) is 5.56 Å². The van der Waals surface area contributed by atoms with E-state index in [-0.39, 0.29) is 17.2 Å². The third kappa shape index (κ3) is 5.07. The Balaban J connectivity index is 1.78. The number of carbonyl (C=O) groups is 2. The standard InChI is InChI=1S/C27H28BrNO6/c1-4-33-21-12-17(18(28)13-22(21)34-14-16-10-8-15(2)9-11-16)23-24-19(30)6-5-7-20(24)35-26(29)25(23)27(31)32-3/h8-13,23H,4-7,14,29H2,1-3H3/t23-/m0/s1. The molecule has 184 valence electrons. The lowest BCUT2D eigenvalue weighted by Gasteiger charge is -2.33. The van der Waals surface area contributed by atoms with Crippen LogP contribution in [0.5, 0.6) is 11.5 Å². The van der Waals surface area contributed by atoms with Gasteiger partial charge in [0.25, 0.3) is 0 Å². The van der Waals surface area contributed by atoms with Crippen LogP contribution in [0.4, 0.5) is 0 Å². The lowest BCUT2D eigenvalue weighted by molar-refractivity contribution is -0.136. The fourth-order valence-electron chi connectivity index (χ4n) is 4.37. The molecule has 0 saturated heterocycles. The zero-order valence-corrected chi connectivity index (χ0v) is 21.6. The molecule has 0 aromatic heterocycles. The number of nitrogens with two attached hydrogens (primary N) is 1. The van der Waals surface area contributed by atoms with Crippen LogP contribution in [0.2, 0.25) is 0 Å². The number of esters is 1. The van der Waals surface area contributed by atoms with Crippen molar-refractivity contribution in [1.82, 2.24) is 0 Å². The second-order valence-electron chi connectivity index (χ2n) is 8.45. The van der Waals surface area contributed by atoms with E-state index >= 15 is 0 Å². The first-order valence-electron chi connectivity index (χ1n) is 11.5. The van der Waals surface area contributed by atoms with Gasteiger partial charge in [-0.05, 0) is 43.5 Å². The van der Waals surface area contributed by atoms with Gasteiger partial charge in [0, 0.05) is 22.9 Å². The molecule has 8 heteroatoms. The molecule has 0 bridgehead atoms. The molecule has 2 aromatic carbocycles. The Bertz CT molecular complexity index is 1210.